The molecule has 0 aromatic carbocycles. The van der Waals surface area contributed by atoms with Crippen LogP contribution in [-0.4, -0.2) is 91.4 Å². The van der Waals surface area contributed by atoms with Gasteiger partial charge in [-0.05, 0) is 34.1 Å². The van der Waals surface area contributed by atoms with Crippen molar-refractivity contribution in [3.8, 4) is 0 Å². The van der Waals surface area contributed by atoms with Gasteiger partial charge >= 0.3 is 0 Å². The minimum absolute atomic E-state index is 0.000370. The number of amides is 3. The molecule has 1 spiro atoms. The number of carbonyl (C=O) groups excluding carboxylic acids is 3. The summed E-state index contributed by atoms with van der Waals surface area (Å²) in [7, 11) is 0. The summed E-state index contributed by atoms with van der Waals surface area (Å²) >= 11 is 1.59. The third-order valence-corrected chi connectivity index (χ3v) is 8.97. The second-order valence-electron chi connectivity index (χ2n) is 10.4. The number of rotatable bonds is 4. The standard InChI is InChI=1S/C24H35N3O4S/c1-6-11-25-12-7-9-16-17(20(25)29)18-21(30)27(15(2)14-28)19-22(31)26(23(3,4)5)13-8-10-24(18,19)32-16/h7-10,15-19,28H,6,11-14H2,1-5H3/t15-,16-,17+,18+,19?,24+/m1/s1. The molecule has 1 unspecified atom stereocenters. The average molecular weight is 462 g/mol. The molecule has 0 radical (unpaired) electrons. The van der Waals surface area contributed by atoms with Crippen molar-refractivity contribution >= 4 is 29.5 Å². The van der Waals surface area contributed by atoms with Gasteiger partial charge in [0.1, 0.15) is 6.04 Å². The van der Waals surface area contributed by atoms with Gasteiger partial charge in [-0.25, -0.2) is 0 Å². The van der Waals surface area contributed by atoms with Crippen LogP contribution in [0.25, 0.3) is 0 Å². The smallest absolute Gasteiger partial charge is 0.247 e. The first-order valence-electron chi connectivity index (χ1n) is 11.6. The number of thioether (sulfide) groups is 1. The first-order chi connectivity index (χ1) is 15.1. The number of likely N-dealkylation sites (tertiary alicyclic amines) is 1. The molecule has 4 rings (SSSR count). The van der Waals surface area contributed by atoms with E-state index < -0.39 is 34.2 Å². The quantitative estimate of drug-likeness (QED) is 0.644. The number of hydrogen-bond donors (Lipinski definition) is 1. The number of fused-ring (bicyclic) bond motifs is 2. The second kappa shape index (κ2) is 8.20. The van der Waals surface area contributed by atoms with Crippen molar-refractivity contribution < 1.29 is 19.5 Å². The summed E-state index contributed by atoms with van der Waals surface area (Å²) in [6, 6.07) is -1.24. The molecule has 8 heteroatoms. The lowest BCUT2D eigenvalue weighted by molar-refractivity contribution is -0.148. The summed E-state index contributed by atoms with van der Waals surface area (Å²) in [5.74, 6) is -1.42. The molecular weight excluding hydrogens is 426 g/mol. The van der Waals surface area contributed by atoms with Gasteiger partial charge in [0, 0.05) is 30.4 Å². The average Bonchev–Trinajstić information content (AvgIpc) is 3.05. The molecule has 2 fully saturated rings. The van der Waals surface area contributed by atoms with Gasteiger partial charge in [0.15, 0.2) is 0 Å². The van der Waals surface area contributed by atoms with Gasteiger partial charge in [0.05, 0.1) is 29.2 Å². The van der Waals surface area contributed by atoms with E-state index in [1.54, 1.807) is 23.6 Å². The summed E-state index contributed by atoms with van der Waals surface area (Å²) in [5.41, 5.74) is -0.413. The van der Waals surface area contributed by atoms with Crippen LogP contribution in [0.15, 0.2) is 24.3 Å². The molecule has 0 saturated carbocycles. The highest BCUT2D eigenvalue weighted by Gasteiger charge is 2.71. The Balaban J connectivity index is 1.85. The van der Waals surface area contributed by atoms with Crippen molar-refractivity contribution in [2.24, 2.45) is 11.8 Å². The van der Waals surface area contributed by atoms with Crippen LogP contribution >= 0.6 is 11.8 Å². The Morgan fingerprint density at radius 2 is 1.88 bits per heavy atom. The molecule has 6 atom stereocenters. The normalized spacial score (nSPS) is 35.6. The first-order valence-corrected chi connectivity index (χ1v) is 12.5. The van der Waals surface area contributed by atoms with Crippen molar-refractivity contribution in [3.05, 3.63) is 24.3 Å². The minimum atomic E-state index is -0.817. The Hall–Kier alpha value is -1.80. The van der Waals surface area contributed by atoms with E-state index in [-0.39, 0.29) is 29.6 Å². The largest absolute Gasteiger partial charge is 0.394 e. The Labute approximate surface area is 194 Å². The van der Waals surface area contributed by atoms with Crippen LogP contribution in [0.3, 0.4) is 0 Å². The number of aliphatic hydroxyl groups is 1. The molecule has 1 N–H and O–H groups in total. The van der Waals surface area contributed by atoms with Gasteiger partial charge in [-0.2, -0.15) is 0 Å². The van der Waals surface area contributed by atoms with Crippen LogP contribution in [0.2, 0.25) is 0 Å². The lowest BCUT2D eigenvalue weighted by Gasteiger charge is -2.41. The summed E-state index contributed by atoms with van der Waals surface area (Å²) < 4.78 is -0.817. The predicted octanol–water partition coefficient (Wildman–Crippen LogP) is 1.67. The molecule has 7 nitrogen and oxygen atoms in total. The molecule has 32 heavy (non-hydrogen) atoms. The van der Waals surface area contributed by atoms with Crippen molar-refractivity contribution in [3.63, 3.8) is 0 Å². The Kier molecular flexibility index (Phi) is 5.99. The Morgan fingerprint density at radius 1 is 1.16 bits per heavy atom. The van der Waals surface area contributed by atoms with Crippen LogP contribution in [-0.2, 0) is 14.4 Å². The van der Waals surface area contributed by atoms with Crippen molar-refractivity contribution in [1.29, 1.82) is 0 Å². The molecule has 0 aromatic rings. The van der Waals surface area contributed by atoms with Crippen LogP contribution in [0.5, 0.6) is 0 Å². The molecule has 4 aliphatic rings. The maximum atomic E-state index is 14.0. The van der Waals surface area contributed by atoms with Crippen molar-refractivity contribution in [2.45, 2.75) is 68.7 Å². The Bertz CT molecular complexity index is 866. The molecule has 176 valence electrons. The molecule has 0 bridgehead atoms. The van der Waals surface area contributed by atoms with Gasteiger partial charge < -0.3 is 19.8 Å². The zero-order valence-corrected chi connectivity index (χ0v) is 20.5. The van der Waals surface area contributed by atoms with Gasteiger partial charge in [0.25, 0.3) is 0 Å². The Morgan fingerprint density at radius 3 is 2.50 bits per heavy atom. The van der Waals surface area contributed by atoms with Gasteiger partial charge in [-0.1, -0.05) is 31.2 Å². The number of hydrogen-bond acceptors (Lipinski definition) is 5. The SMILES string of the molecule is CCCN1CC=C[C@H]2S[C@]34C=CCN(C(C)(C)C)C(=O)C3N([C@H](C)CO)C(=O)[C@@H]4[C@H]2C1=O. The highest BCUT2D eigenvalue weighted by molar-refractivity contribution is 8.02. The van der Waals surface area contributed by atoms with E-state index in [0.717, 1.165) is 6.42 Å². The topological polar surface area (TPSA) is 81.2 Å². The summed E-state index contributed by atoms with van der Waals surface area (Å²) in [5, 5.41) is 9.81. The van der Waals surface area contributed by atoms with Gasteiger partial charge in [-0.3, -0.25) is 14.4 Å². The summed E-state index contributed by atoms with van der Waals surface area (Å²) in [4.78, 5) is 46.8. The highest BCUT2D eigenvalue weighted by Crippen LogP contribution is 2.61. The summed E-state index contributed by atoms with van der Waals surface area (Å²) in [6.07, 6.45) is 8.96. The molecular formula is C24H35N3O4S. The van der Waals surface area contributed by atoms with Crippen LogP contribution in [0.1, 0.15) is 41.0 Å². The predicted molar refractivity (Wildman–Crippen MR) is 125 cm³/mol. The van der Waals surface area contributed by atoms with Crippen molar-refractivity contribution in [2.75, 3.05) is 26.2 Å². The number of carbonyl (C=O) groups is 3. The van der Waals surface area contributed by atoms with Crippen molar-refractivity contribution in [1.82, 2.24) is 14.7 Å². The monoisotopic (exact) mass is 461 g/mol. The fourth-order valence-corrected chi connectivity index (χ4v) is 7.76. The third-order valence-electron chi connectivity index (χ3n) is 7.22. The number of nitrogens with zero attached hydrogens (tertiary/aromatic N) is 3. The third kappa shape index (κ3) is 3.33. The molecule has 4 heterocycles. The van der Waals surface area contributed by atoms with Gasteiger partial charge in [0.2, 0.25) is 17.7 Å². The summed E-state index contributed by atoms with van der Waals surface area (Å²) in [6.45, 7) is 11.2. The van der Waals surface area contributed by atoms with Gasteiger partial charge in [-0.15, -0.1) is 11.8 Å². The maximum Gasteiger partial charge on any atom is 0.247 e. The zero-order valence-electron chi connectivity index (χ0n) is 19.7. The van der Waals surface area contributed by atoms with Crippen LogP contribution in [0.4, 0.5) is 0 Å². The molecule has 2 saturated heterocycles. The first kappa shape index (κ1) is 23.4. The van der Waals surface area contributed by atoms with E-state index in [1.807, 2.05) is 55.7 Å². The van der Waals surface area contributed by atoms with E-state index in [9.17, 15) is 19.5 Å². The van der Waals surface area contributed by atoms with E-state index in [4.69, 9.17) is 0 Å². The second-order valence-corrected chi connectivity index (χ2v) is 11.8. The van der Waals surface area contributed by atoms with E-state index >= 15 is 0 Å². The number of aliphatic hydroxyl groups excluding tert-OH is 1. The molecule has 4 aliphatic heterocycles. The van der Waals surface area contributed by atoms with Crippen LogP contribution < -0.4 is 0 Å². The fraction of sp³-hybridized carbons (Fsp3) is 0.708. The zero-order chi connectivity index (χ0) is 23.4. The lowest BCUT2D eigenvalue weighted by Crippen LogP contribution is -2.59. The van der Waals surface area contributed by atoms with Crippen LogP contribution in [0, 0.1) is 11.8 Å². The van der Waals surface area contributed by atoms with E-state index in [2.05, 4.69) is 6.08 Å². The lowest BCUT2D eigenvalue weighted by atomic mass is 9.78. The maximum absolute atomic E-state index is 14.0. The highest BCUT2D eigenvalue weighted by atomic mass is 32.2. The van der Waals surface area contributed by atoms with E-state index in [1.165, 1.54) is 0 Å². The van der Waals surface area contributed by atoms with E-state index in [0.29, 0.717) is 19.6 Å². The molecule has 0 aromatic heterocycles. The fourth-order valence-electron chi connectivity index (χ4n) is 5.77. The minimum Gasteiger partial charge on any atom is -0.394 e. The molecule has 3 amide bonds. The molecule has 0 aliphatic carbocycles.